The van der Waals surface area contributed by atoms with Crippen molar-refractivity contribution in [2.24, 2.45) is 0 Å². The number of aliphatic carboxylic acids is 1. The molecule has 9 nitrogen and oxygen atoms in total. The summed E-state index contributed by atoms with van der Waals surface area (Å²) in [7, 11) is 5.93. The average molecular weight is 1270 g/mol. The summed E-state index contributed by atoms with van der Waals surface area (Å²) in [6.45, 7) is 4.65. The predicted octanol–water partition coefficient (Wildman–Crippen LogP) is 22.6. The third kappa shape index (κ3) is 73.0. The van der Waals surface area contributed by atoms with Crippen LogP contribution in [0.25, 0.3) is 0 Å². The topological polar surface area (TPSA) is 111 Å². The number of nitrogens with zero attached hydrogens (tertiary/aromatic N) is 1. The molecule has 0 aromatic heterocycles. The van der Waals surface area contributed by atoms with Gasteiger partial charge in [-0.25, -0.2) is 0 Å². The highest BCUT2D eigenvalue weighted by molar-refractivity contribution is 5.70. The smallest absolute Gasteiger partial charge is 0.306 e. The molecular formula is C82H141NO8. The molecule has 0 aliphatic heterocycles. The van der Waals surface area contributed by atoms with Gasteiger partial charge in [0.2, 0.25) is 0 Å². The van der Waals surface area contributed by atoms with Crippen molar-refractivity contribution in [2.45, 2.75) is 334 Å². The number of allylic oxidation sites excluding steroid dienone is 20. The van der Waals surface area contributed by atoms with Gasteiger partial charge in [-0.1, -0.05) is 322 Å². The molecule has 0 aliphatic carbocycles. The number of unbranched alkanes of at least 4 members (excludes halogenated alkanes) is 34. The van der Waals surface area contributed by atoms with Crippen molar-refractivity contribution in [2.75, 3.05) is 47.5 Å². The van der Waals surface area contributed by atoms with Gasteiger partial charge in [-0.05, 0) is 109 Å². The Kier molecular flexibility index (Phi) is 68.1. The molecule has 0 aromatic carbocycles. The summed E-state index contributed by atoms with van der Waals surface area (Å²) in [5, 5.41) is 11.8. The van der Waals surface area contributed by atoms with Crippen molar-refractivity contribution >= 4 is 17.9 Å². The Hall–Kier alpha value is -4.31. The molecule has 522 valence electrons. The summed E-state index contributed by atoms with van der Waals surface area (Å²) >= 11 is 0. The summed E-state index contributed by atoms with van der Waals surface area (Å²) in [5.41, 5.74) is 0. The van der Waals surface area contributed by atoms with Gasteiger partial charge in [0.1, 0.15) is 13.2 Å². The van der Waals surface area contributed by atoms with Crippen LogP contribution in [0.5, 0.6) is 0 Å². The monoisotopic (exact) mass is 1270 g/mol. The molecule has 0 aliphatic rings. The molecule has 0 fully saturated rings. The van der Waals surface area contributed by atoms with Crippen LogP contribution < -0.4 is 5.11 Å². The average Bonchev–Trinajstić information content (AvgIpc) is 3.46. The first-order valence-electron chi connectivity index (χ1n) is 37.7. The molecule has 0 amide bonds. The minimum atomic E-state index is -1.63. The van der Waals surface area contributed by atoms with Crippen molar-refractivity contribution in [3.63, 3.8) is 0 Å². The Balaban J connectivity index is 4.13. The van der Waals surface area contributed by atoms with Crippen LogP contribution in [0.3, 0.4) is 0 Å². The molecule has 2 unspecified atom stereocenters. The van der Waals surface area contributed by atoms with Gasteiger partial charge in [0.25, 0.3) is 0 Å². The van der Waals surface area contributed by atoms with Gasteiger partial charge in [0, 0.05) is 12.8 Å². The van der Waals surface area contributed by atoms with Crippen LogP contribution in [-0.4, -0.2) is 82.3 Å². The molecule has 0 heterocycles. The summed E-state index contributed by atoms with van der Waals surface area (Å²) in [6.07, 6.45) is 98.7. The van der Waals surface area contributed by atoms with Crippen molar-refractivity contribution in [1.82, 2.24) is 0 Å². The zero-order valence-corrected chi connectivity index (χ0v) is 59.7. The molecule has 0 radical (unpaired) electrons. The van der Waals surface area contributed by atoms with Gasteiger partial charge in [-0.15, -0.1) is 0 Å². The number of carbonyl (C=O) groups is 3. The standard InChI is InChI=1S/C82H141NO8/c1-6-8-10-12-14-16-18-20-22-24-26-28-30-32-34-36-38-39-40-41-43-45-47-49-51-53-55-57-59-61-63-65-67-69-71-73-80(85)91-78(77-90-82(81(86)87)88-75-74-83(3,4)5)76-89-79(84)72-70-68-66-64-62-60-58-56-54-52-50-48-46-44-42-37-35-33-31-29-27-25-23-21-19-17-15-13-11-9-7-2/h8,10,14,16,20,22,25-28,32,34,38-39,41,43,47,49,53,55,78,82H,6-7,9,11-13,15,17-19,21,23-24,29-31,33,35-37,40,42,44-46,48,50-52,54,56-77H2,1-5H3/b10-8-,16-14-,22-20-,27-25-,28-26-,34-32-,39-38-,43-41-,49-47-,55-53-. The van der Waals surface area contributed by atoms with E-state index in [1.165, 1.54) is 186 Å². The lowest BCUT2D eigenvalue weighted by atomic mass is 10.0. The first-order valence-corrected chi connectivity index (χ1v) is 37.7. The fourth-order valence-electron chi connectivity index (χ4n) is 10.5. The number of likely N-dealkylation sites (N-methyl/N-ethyl adjacent to an activating group) is 1. The van der Waals surface area contributed by atoms with Crippen molar-refractivity contribution in [3.8, 4) is 0 Å². The Labute approximate surface area is 561 Å². The number of hydrogen-bond donors (Lipinski definition) is 0. The van der Waals surface area contributed by atoms with Gasteiger partial charge in [-0.3, -0.25) is 9.59 Å². The molecule has 0 spiro atoms. The molecule has 0 aromatic rings. The normalized spacial score (nSPS) is 13.4. The fraction of sp³-hybridized carbons (Fsp3) is 0.720. The third-order valence-corrected chi connectivity index (χ3v) is 16.2. The SMILES string of the molecule is CC/C=C\C/C=C\C/C=C\C/C=C\C/C=C\C/C=C\C/C=C\C/C=C\C/C=C\CCCCCCCCCC(=O)OC(COC(=O)CCCCCCCCCCCCCCCCCCCCC/C=C\CCCCCCCCCC)COC(OCC[N+](C)(C)C)C(=O)[O-]. The van der Waals surface area contributed by atoms with E-state index in [0.29, 0.717) is 17.4 Å². The molecule has 0 N–H and O–H groups in total. The maximum Gasteiger partial charge on any atom is 0.306 e. The van der Waals surface area contributed by atoms with Crippen LogP contribution in [0.1, 0.15) is 322 Å². The number of rotatable bonds is 69. The first kappa shape index (κ1) is 86.7. The van der Waals surface area contributed by atoms with E-state index in [1.54, 1.807) is 0 Å². The number of carboxylic acids is 1. The summed E-state index contributed by atoms with van der Waals surface area (Å²) in [6, 6.07) is 0. The number of carbonyl (C=O) groups excluding carboxylic acids is 3. The molecule has 0 saturated carbocycles. The molecule has 0 bridgehead atoms. The number of esters is 2. The lowest BCUT2D eigenvalue weighted by Crippen LogP contribution is -2.44. The lowest BCUT2D eigenvalue weighted by Gasteiger charge is -2.26. The summed E-state index contributed by atoms with van der Waals surface area (Å²) in [5.74, 6) is -2.29. The van der Waals surface area contributed by atoms with E-state index in [2.05, 4.69) is 135 Å². The van der Waals surface area contributed by atoms with Gasteiger partial charge in [0.05, 0.1) is 40.3 Å². The highest BCUT2D eigenvalue weighted by Crippen LogP contribution is 2.18. The number of carboxylic acid groups (broad SMARTS) is 1. The second kappa shape index (κ2) is 71.5. The van der Waals surface area contributed by atoms with Crippen LogP contribution in [0, 0.1) is 0 Å². The summed E-state index contributed by atoms with van der Waals surface area (Å²) in [4.78, 5) is 37.6. The van der Waals surface area contributed by atoms with Crippen molar-refractivity contribution < 1.29 is 42.9 Å². The minimum absolute atomic E-state index is 0.141. The lowest BCUT2D eigenvalue weighted by molar-refractivity contribution is -0.870. The molecule has 0 rings (SSSR count). The number of ether oxygens (including phenoxy) is 4. The van der Waals surface area contributed by atoms with Crippen LogP contribution in [0.2, 0.25) is 0 Å². The van der Waals surface area contributed by atoms with Gasteiger partial charge < -0.3 is 33.3 Å². The maximum absolute atomic E-state index is 13.0. The highest BCUT2D eigenvalue weighted by atomic mass is 16.7. The van der Waals surface area contributed by atoms with Crippen molar-refractivity contribution in [3.05, 3.63) is 122 Å². The first-order chi connectivity index (χ1) is 44.6. The molecule has 91 heavy (non-hydrogen) atoms. The predicted molar refractivity (Wildman–Crippen MR) is 389 cm³/mol. The third-order valence-electron chi connectivity index (χ3n) is 16.2. The van der Waals surface area contributed by atoms with Gasteiger partial charge in [-0.2, -0.15) is 0 Å². The van der Waals surface area contributed by atoms with Crippen LogP contribution in [0.4, 0.5) is 0 Å². The minimum Gasteiger partial charge on any atom is -0.545 e. The highest BCUT2D eigenvalue weighted by Gasteiger charge is 2.22. The zero-order chi connectivity index (χ0) is 66.1. The molecule has 0 saturated heterocycles. The maximum atomic E-state index is 13.0. The van der Waals surface area contributed by atoms with Crippen LogP contribution >= 0.6 is 0 Å². The van der Waals surface area contributed by atoms with E-state index < -0.39 is 24.3 Å². The largest absolute Gasteiger partial charge is 0.545 e. The van der Waals surface area contributed by atoms with E-state index in [0.717, 1.165) is 103 Å². The van der Waals surface area contributed by atoms with Crippen LogP contribution in [-0.2, 0) is 33.3 Å². The van der Waals surface area contributed by atoms with E-state index in [-0.39, 0.29) is 38.6 Å². The zero-order valence-electron chi connectivity index (χ0n) is 59.7. The van der Waals surface area contributed by atoms with E-state index in [4.69, 9.17) is 18.9 Å². The van der Waals surface area contributed by atoms with E-state index in [1.807, 2.05) is 21.1 Å². The van der Waals surface area contributed by atoms with Gasteiger partial charge in [0.15, 0.2) is 12.4 Å². The Morgan fingerprint density at radius 3 is 0.945 bits per heavy atom. The van der Waals surface area contributed by atoms with Crippen molar-refractivity contribution in [1.29, 1.82) is 0 Å². The summed E-state index contributed by atoms with van der Waals surface area (Å²) < 4.78 is 22.8. The second-order valence-electron chi connectivity index (χ2n) is 26.2. The van der Waals surface area contributed by atoms with Gasteiger partial charge >= 0.3 is 11.9 Å². The molecule has 2 atom stereocenters. The Morgan fingerprint density at radius 2 is 0.626 bits per heavy atom. The fourth-order valence-corrected chi connectivity index (χ4v) is 10.5. The van der Waals surface area contributed by atoms with E-state index in [9.17, 15) is 19.5 Å². The molecule has 9 heteroatoms. The quantitative estimate of drug-likeness (QED) is 0.0195. The Morgan fingerprint density at radius 1 is 0.341 bits per heavy atom. The molecular weight excluding hydrogens is 1130 g/mol. The number of quaternary nitrogens is 1. The Bertz CT molecular complexity index is 1910. The van der Waals surface area contributed by atoms with E-state index >= 15 is 0 Å². The number of hydrogen-bond acceptors (Lipinski definition) is 8. The van der Waals surface area contributed by atoms with Crippen LogP contribution in [0.15, 0.2) is 122 Å². The second-order valence-corrected chi connectivity index (χ2v) is 26.2.